The van der Waals surface area contributed by atoms with Crippen molar-refractivity contribution in [2.75, 3.05) is 0 Å². The number of benzene rings is 3. The summed E-state index contributed by atoms with van der Waals surface area (Å²) < 4.78 is 13.3. The minimum absolute atomic E-state index is 0.227. The fraction of sp³-hybridized carbons (Fsp3) is 0.0952. The number of aliphatic imine (C=N–C) groups is 1. The van der Waals surface area contributed by atoms with Crippen LogP contribution in [0.25, 0.3) is 0 Å². The van der Waals surface area contributed by atoms with Crippen LogP contribution in [0.15, 0.2) is 82.7 Å². The molecular formula is C21H15ClFNS. The normalized spacial score (nSPS) is 16.7. The van der Waals surface area contributed by atoms with E-state index in [0.717, 1.165) is 33.3 Å². The molecule has 0 amide bonds. The quantitative estimate of drug-likeness (QED) is 0.483. The van der Waals surface area contributed by atoms with Crippen molar-refractivity contribution in [3.63, 3.8) is 0 Å². The molecule has 1 nitrogen and oxygen atoms in total. The molecule has 0 radical (unpaired) electrons. The Bertz CT molecular complexity index is 919. The highest BCUT2D eigenvalue weighted by atomic mass is 35.5. The summed E-state index contributed by atoms with van der Waals surface area (Å²) in [7, 11) is 0. The average molecular weight is 368 g/mol. The smallest absolute Gasteiger partial charge is 0.123 e. The van der Waals surface area contributed by atoms with Crippen molar-refractivity contribution < 1.29 is 4.39 Å². The predicted octanol–water partition coefficient (Wildman–Crippen LogP) is 6.84. The number of thioether (sulfide) groups is 1. The van der Waals surface area contributed by atoms with E-state index in [4.69, 9.17) is 16.6 Å². The zero-order chi connectivity index (χ0) is 17.2. The fourth-order valence-electron chi connectivity index (χ4n) is 2.90. The SMILES string of the molecule is Fc1ccc(C2=Nc3ccccc3SC(c3ccc(Cl)cc3)C2)cc1. The van der Waals surface area contributed by atoms with Gasteiger partial charge in [0.2, 0.25) is 0 Å². The second-order valence-electron chi connectivity index (χ2n) is 5.90. The first-order valence-electron chi connectivity index (χ1n) is 8.04. The number of rotatable bonds is 2. The number of nitrogens with zero attached hydrogens (tertiary/aromatic N) is 1. The van der Waals surface area contributed by atoms with Gasteiger partial charge in [0.05, 0.1) is 5.69 Å². The molecule has 0 N–H and O–H groups in total. The maximum atomic E-state index is 13.3. The molecule has 3 aromatic rings. The van der Waals surface area contributed by atoms with E-state index in [1.54, 1.807) is 23.9 Å². The van der Waals surface area contributed by atoms with Crippen molar-refractivity contribution in [1.29, 1.82) is 0 Å². The number of hydrogen-bond donors (Lipinski definition) is 0. The van der Waals surface area contributed by atoms with Gasteiger partial charge in [-0.3, -0.25) is 4.99 Å². The van der Waals surface area contributed by atoms with Crippen LogP contribution >= 0.6 is 23.4 Å². The van der Waals surface area contributed by atoms with Gasteiger partial charge in [-0.1, -0.05) is 48.0 Å². The third kappa shape index (κ3) is 3.63. The Balaban J connectivity index is 1.78. The second kappa shape index (κ2) is 7.03. The van der Waals surface area contributed by atoms with E-state index < -0.39 is 0 Å². The summed E-state index contributed by atoms with van der Waals surface area (Å²) in [4.78, 5) is 6.03. The summed E-state index contributed by atoms with van der Waals surface area (Å²) in [5, 5.41) is 0.958. The topological polar surface area (TPSA) is 12.4 Å². The fourth-order valence-corrected chi connectivity index (χ4v) is 4.26. The monoisotopic (exact) mass is 367 g/mol. The van der Waals surface area contributed by atoms with Crippen LogP contribution < -0.4 is 0 Å². The van der Waals surface area contributed by atoms with Gasteiger partial charge in [0.15, 0.2) is 0 Å². The van der Waals surface area contributed by atoms with Gasteiger partial charge in [-0.05, 0) is 47.5 Å². The van der Waals surface area contributed by atoms with E-state index >= 15 is 0 Å². The largest absolute Gasteiger partial charge is 0.252 e. The van der Waals surface area contributed by atoms with Crippen molar-refractivity contribution in [2.24, 2.45) is 4.99 Å². The minimum Gasteiger partial charge on any atom is -0.252 e. The summed E-state index contributed by atoms with van der Waals surface area (Å²) in [5.74, 6) is -0.234. The lowest BCUT2D eigenvalue weighted by molar-refractivity contribution is 0.627. The van der Waals surface area contributed by atoms with Crippen LogP contribution in [-0.4, -0.2) is 5.71 Å². The molecule has 3 aromatic carbocycles. The molecule has 1 heterocycles. The molecule has 0 fully saturated rings. The molecule has 4 rings (SSSR count). The zero-order valence-corrected chi connectivity index (χ0v) is 14.9. The van der Waals surface area contributed by atoms with Gasteiger partial charge < -0.3 is 0 Å². The second-order valence-corrected chi connectivity index (χ2v) is 7.58. The van der Waals surface area contributed by atoms with Gasteiger partial charge in [0.1, 0.15) is 5.82 Å². The Labute approximate surface area is 155 Å². The standard InChI is InChI=1S/C21H15ClFNS/c22-16-9-5-15(6-10-16)21-13-19(14-7-11-17(23)12-8-14)24-18-3-1-2-4-20(18)25-21/h1-12,21H,13H2. The first kappa shape index (κ1) is 16.4. The lowest BCUT2D eigenvalue weighted by Gasteiger charge is -2.16. The van der Waals surface area contributed by atoms with Gasteiger partial charge in [0.25, 0.3) is 0 Å². The summed E-state index contributed by atoms with van der Waals surface area (Å²) in [6.45, 7) is 0. The van der Waals surface area contributed by atoms with E-state index in [2.05, 4.69) is 18.2 Å². The first-order chi connectivity index (χ1) is 12.2. The van der Waals surface area contributed by atoms with Crippen molar-refractivity contribution in [3.05, 3.63) is 94.8 Å². The van der Waals surface area contributed by atoms with Crippen LogP contribution in [0.3, 0.4) is 0 Å². The number of halogens is 2. The molecule has 1 unspecified atom stereocenters. The summed E-state index contributed by atoms with van der Waals surface area (Å²) in [5.41, 5.74) is 4.10. The third-order valence-electron chi connectivity index (χ3n) is 4.19. The zero-order valence-electron chi connectivity index (χ0n) is 13.3. The summed E-state index contributed by atoms with van der Waals surface area (Å²) >= 11 is 7.84. The summed E-state index contributed by atoms with van der Waals surface area (Å²) in [6, 6.07) is 22.7. The van der Waals surface area contributed by atoms with Crippen molar-refractivity contribution in [2.45, 2.75) is 16.6 Å². The molecule has 25 heavy (non-hydrogen) atoms. The van der Waals surface area contributed by atoms with Gasteiger partial charge >= 0.3 is 0 Å². The molecule has 0 spiro atoms. The van der Waals surface area contributed by atoms with Gasteiger partial charge in [-0.2, -0.15) is 0 Å². The van der Waals surface area contributed by atoms with Crippen LogP contribution in [0, 0.1) is 5.82 Å². The van der Waals surface area contributed by atoms with Crippen LogP contribution in [0.2, 0.25) is 5.02 Å². The molecule has 1 aliphatic rings. The van der Waals surface area contributed by atoms with Crippen LogP contribution in [0.4, 0.5) is 10.1 Å². The molecule has 124 valence electrons. The van der Waals surface area contributed by atoms with Crippen molar-refractivity contribution in [3.8, 4) is 0 Å². The third-order valence-corrected chi connectivity index (χ3v) is 5.76. The van der Waals surface area contributed by atoms with Gasteiger partial charge in [-0.25, -0.2) is 4.39 Å². The van der Waals surface area contributed by atoms with E-state index in [-0.39, 0.29) is 11.1 Å². The number of fused-ring (bicyclic) bond motifs is 1. The number of hydrogen-bond acceptors (Lipinski definition) is 2. The Kier molecular flexibility index (Phi) is 4.60. The Morgan fingerprint density at radius 3 is 2.40 bits per heavy atom. The molecule has 1 aliphatic heterocycles. The molecule has 1 atom stereocenters. The molecule has 0 aliphatic carbocycles. The predicted molar refractivity (Wildman–Crippen MR) is 104 cm³/mol. The van der Waals surface area contributed by atoms with Crippen molar-refractivity contribution in [1.82, 2.24) is 0 Å². The van der Waals surface area contributed by atoms with E-state index in [0.29, 0.717) is 0 Å². The summed E-state index contributed by atoms with van der Waals surface area (Å²) in [6.07, 6.45) is 0.770. The highest BCUT2D eigenvalue weighted by molar-refractivity contribution is 7.99. The van der Waals surface area contributed by atoms with E-state index in [9.17, 15) is 4.39 Å². The van der Waals surface area contributed by atoms with Crippen LogP contribution in [0.1, 0.15) is 22.8 Å². The molecule has 0 saturated carbocycles. The van der Waals surface area contributed by atoms with Gasteiger partial charge in [0, 0.05) is 27.3 Å². The molecule has 4 heteroatoms. The highest BCUT2D eigenvalue weighted by Crippen LogP contribution is 2.45. The Morgan fingerprint density at radius 1 is 0.920 bits per heavy atom. The molecule has 0 saturated heterocycles. The maximum Gasteiger partial charge on any atom is 0.123 e. The Morgan fingerprint density at radius 2 is 1.64 bits per heavy atom. The Hall–Kier alpha value is -2.10. The number of para-hydroxylation sites is 1. The van der Waals surface area contributed by atoms with Crippen molar-refractivity contribution >= 4 is 34.8 Å². The first-order valence-corrected chi connectivity index (χ1v) is 9.29. The maximum absolute atomic E-state index is 13.3. The van der Waals surface area contributed by atoms with E-state index in [1.165, 1.54) is 17.7 Å². The highest BCUT2D eigenvalue weighted by Gasteiger charge is 2.22. The lowest BCUT2D eigenvalue weighted by atomic mass is 10.0. The van der Waals surface area contributed by atoms with Crippen LogP contribution in [-0.2, 0) is 0 Å². The molecule has 0 aromatic heterocycles. The molecule has 0 bridgehead atoms. The minimum atomic E-state index is -0.234. The average Bonchev–Trinajstić information content (AvgIpc) is 2.82. The molecular weight excluding hydrogens is 353 g/mol. The van der Waals surface area contributed by atoms with Gasteiger partial charge in [-0.15, -0.1) is 11.8 Å². The van der Waals surface area contributed by atoms with Crippen LogP contribution in [0.5, 0.6) is 0 Å². The van der Waals surface area contributed by atoms with E-state index in [1.807, 2.05) is 30.3 Å². The lowest BCUT2D eigenvalue weighted by Crippen LogP contribution is -2.05.